The fourth-order valence-corrected chi connectivity index (χ4v) is 4.35. The normalized spacial score (nSPS) is 23.7. The van der Waals surface area contributed by atoms with Gasteiger partial charge in [-0.2, -0.15) is 5.53 Å². The fraction of sp³-hybridized carbons (Fsp3) is 0.619. The topological polar surface area (TPSA) is 73.5 Å². The Bertz CT molecular complexity index is 737. The minimum absolute atomic E-state index is 0.00170. The molecule has 2 heterocycles. The zero-order chi connectivity index (χ0) is 19.9. The zero-order valence-electron chi connectivity index (χ0n) is 17.3. The van der Waals surface area contributed by atoms with Crippen LogP contribution in [0.2, 0.25) is 0 Å². The van der Waals surface area contributed by atoms with Crippen molar-refractivity contribution < 1.29 is 9.59 Å². The van der Waals surface area contributed by atoms with E-state index in [0.29, 0.717) is 13.1 Å². The van der Waals surface area contributed by atoms with Gasteiger partial charge in [0.2, 0.25) is 5.91 Å². The maximum absolute atomic E-state index is 13.3. The smallest absolute Gasteiger partial charge is 0.242 e. The molecule has 2 unspecified atom stereocenters. The molecule has 1 aromatic carbocycles. The zero-order valence-corrected chi connectivity index (χ0v) is 17.3. The maximum atomic E-state index is 13.3. The highest BCUT2D eigenvalue weighted by molar-refractivity contribution is 6.01. The van der Waals surface area contributed by atoms with Crippen LogP contribution in [0, 0.1) is 40.5 Å². The van der Waals surface area contributed by atoms with E-state index in [2.05, 4.69) is 51.0 Å². The Labute approximate surface area is 162 Å². The number of hydrogen-bond donors (Lipinski definition) is 3. The third kappa shape index (κ3) is 3.53. The van der Waals surface area contributed by atoms with Gasteiger partial charge in [0.15, 0.2) is 5.78 Å². The summed E-state index contributed by atoms with van der Waals surface area (Å²) in [5.74, 6) is 0.345. The summed E-state index contributed by atoms with van der Waals surface area (Å²) in [5, 5.41) is 0. The van der Waals surface area contributed by atoms with Gasteiger partial charge in [0.25, 0.3) is 0 Å². The van der Waals surface area contributed by atoms with Crippen molar-refractivity contribution in [3.05, 3.63) is 33.4 Å². The van der Waals surface area contributed by atoms with Gasteiger partial charge in [-0.15, -0.1) is 0 Å². The molecule has 6 nitrogen and oxygen atoms in total. The van der Waals surface area contributed by atoms with E-state index in [-0.39, 0.29) is 29.7 Å². The fourth-order valence-electron chi connectivity index (χ4n) is 4.35. The molecule has 2 saturated heterocycles. The Morgan fingerprint density at radius 2 is 1.37 bits per heavy atom. The van der Waals surface area contributed by atoms with Gasteiger partial charge in [0, 0.05) is 30.6 Å². The van der Waals surface area contributed by atoms with E-state index in [0.717, 1.165) is 29.5 Å². The summed E-state index contributed by atoms with van der Waals surface area (Å²) in [4.78, 5) is 27.9. The first kappa shape index (κ1) is 20.0. The highest BCUT2D eigenvalue weighted by atomic mass is 16.2. The number of carbonyl (C=O) groups is 2. The van der Waals surface area contributed by atoms with Crippen molar-refractivity contribution in [3.8, 4) is 0 Å². The second-order valence-corrected chi connectivity index (χ2v) is 8.14. The average Bonchev–Trinajstić information content (AvgIpc) is 3.10. The molecule has 2 aliphatic heterocycles. The molecule has 6 heteroatoms. The molecule has 27 heavy (non-hydrogen) atoms. The average molecular weight is 373 g/mol. The van der Waals surface area contributed by atoms with Crippen molar-refractivity contribution in [1.82, 2.24) is 21.3 Å². The lowest BCUT2D eigenvalue weighted by molar-refractivity contribution is -0.134. The third-order valence-electron chi connectivity index (χ3n) is 6.72. The summed E-state index contributed by atoms with van der Waals surface area (Å²) >= 11 is 0. The second kappa shape index (κ2) is 7.70. The van der Waals surface area contributed by atoms with Crippen LogP contribution >= 0.6 is 0 Å². The summed E-state index contributed by atoms with van der Waals surface area (Å²) in [6.07, 6.45) is 1.47. The number of benzene rings is 1. The number of nitrogens with one attached hydrogen (secondary N) is 3. The molecule has 0 spiro atoms. The van der Waals surface area contributed by atoms with Crippen molar-refractivity contribution in [2.75, 3.05) is 13.1 Å². The largest absolute Gasteiger partial charge is 0.341 e. The Kier molecular flexibility index (Phi) is 5.70. The molecule has 0 aliphatic carbocycles. The lowest BCUT2D eigenvalue weighted by Crippen LogP contribution is -2.51. The molecule has 0 bridgehead atoms. The Balaban J connectivity index is 1.72. The lowest BCUT2D eigenvalue weighted by atomic mass is 9.81. The highest BCUT2D eigenvalue weighted by Crippen LogP contribution is 2.31. The van der Waals surface area contributed by atoms with Gasteiger partial charge < -0.3 is 4.90 Å². The molecular formula is C21H32N4O2. The molecule has 3 rings (SSSR count). The monoisotopic (exact) mass is 372 g/mol. The number of carbonyl (C=O) groups excluding carboxylic acids is 2. The molecule has 1 aromatic rings. The first-order chi connectivity index (χ1) is 12.7. The number of likely N-dealkylation sites (tertiary alicyclic amines) is 1. The second-order valence-electron chi connectivity index (χ2n) is 8.14. The van der Waals surface area contributed by atoms with Crippen LogP contribution in [0.3, 0.4) is 0 Å². The number of Topliss-reactive ketones (excluding diaryl/α,β-unsaturated/α-hetero) is 1. The van der Waals surface area contributed by atoms with Gasteiger partial charge in [-0.3, -0.25) is 9.59 Å². The van der Waals surface area contributed by atoms with Gasteiger partial charge in [0.05, 0.1) is 0 Å². The van der Waals surface area contributed by atoms with E-state index in [1.165, 1.54) is 16.7 Å². The maximum Gasteiger partial charge on any atom is 0.242 e. The van der Waals surface area contributed by atoms with Crippen LogP contribution < -0.4 is 16.4 Å². The number of hydrazine groups is 2. The molecular weight excluding hydrogens is 340 g/mol. The molecule has 2 aliphatic rings. The number of ketones is 1. The standard InChI is InChI=1S/C21H32N4O2/c1-11-12(2)14(4)18(15(5)13(11)3)20(26)17-7-9-25(10-8-17)21(27)19-16(6)22-24-23-19/h16-17,19,22-24H,7-10H2,1-6H3. The van der Waals surface area contributed by atoms with E-state index < -0.39 is 0 Å². The van der Waals surface area contributed by atoms with E-state index >= 15 is 0 Å². The van der Waals surface area contributed by atoms with E-state index in [9.17, 15) is 9.59 Å². The number of piperidine rings is 1. The van der Waals surface area contributed by atoms with Crippen molar-refractivity contribution >= 4 is 11.7 Å². The summed E-state index contributed by atoms with van der Waals surface area (Å²) in [6.45, 7) is 13.7. The summed E-state index contributed by atoms with van der Waals surface area (Å²) in [5.41, 5.74) is 15.6. The van der Waals surface area contributed by atoms with Crippen LogP contribution in [-0.2, 0) is 4.79 Å². The number of hydrogen-bond acceptors (Lipinski definition) is 5. The Morgan fingerprint density at radius 1 is 0.852 bits per heavy atom. The first-order valence-electron chi connectivity index (χ1n) is 9.90. The van der Waals surface area contributed by atoms with Crippen LogP contribution in [0.1, 0.15) is 57.9 Å². The number of amides is 1. The number of rotatable bonds is 3. The third-order valence-corrected chi connectivity index (χ3v) is 6.72. The van der Waals surface area contributed by atoms with E-state index in [4.69, 9.17) is 0 Å². The van der Waals surface area contributed by atoms with Crippen molar-refractivity contribution in [2.24, 2.45) is 5.92 Å². The van der Waals surface area contributed by atoms with Gasteiger partial charge >= 0.3 is 0 Å². The molecule has 0 saturated carbocycles. The van der Waals surface area contributed by atoms with Crippen molar-refractivity contribution in [3.63, 3.8) is 0 Å². The predicted molar refractivity (Wildman–Crippen MR) is 106 cm³/mol. The Morgan fingerprint density at radius 3 is 1.85 bits per heavy atom. The molecule has 3 N–H and O–H groups in total. The summed E-state index contributed by atoms with van der Waals surface area (Å²) in [7, 11) is 0. The highest BCUT2D eigenvalue weighted by Gasteiger charge is 2.36. The van der Waals surface area contributed by atoms with E-state index in [1.807, 2.05) is 11.8 Å². The summed E-state index contributed by atoms with van der Waals surface area (Å²) < 4.78 is 0. The molecule has 148 valence electrons. The van der Waals surface area contributed by atoms with Gasteiger partial charge in [-0.05, 0) is 82.2 Å². The van der Waals surface area contributed by atoms with E-state index in [1.54, 1.807) is 0 Å². The van der Waals surface area contributed by atoms with Crippen LogP contribution in [-0.4, -0.2) is 41.8 Å². The van der Waals surface area contributed by atoms with Gasteiger partial charge in [-0.1, -0.05) is 0 Å². The predicted octanol–water partition coefficient (Wildman–Crippen LogP) is 2.02. The quantitative estimate of drug-likeness (QED) is 0.708. The SMILES string of the molecule is Cc1c(C)c(C)c(C(=O)C2CCN(C(=O)C3NNNC3C)CC2)c(C)c1C. The van der Waals surface area contributed by atoms with Crippen molar-refractivity contribution in [1.29, 1.82) is 0 Å². The minimum Gasteiger partial charge on any atom is -0.341 e. The molecule has 0 radical (unpaired) electrons. The van der Waals surface area contributed by atoms with Gasteiger partial charge in [-0.25, -0.2) is 10.9 Å². The van der Waals surface area contributed by atoms with Gasteiger partial charge in [0.1, 0.15) is 6.04 Å². The van der Waals surface area contributed by atoms with Crippen LogP contribution in [0.15, 0.2) is 0 Å². The molecule has 2 atom stereocenters. The lowest BCUT2D eigenvalue weighted by Gasteiger charge is -2.34. The minimum atomic E-state index is -0.260. The Hall–Kier alpha value is -1.76. The number of nitrogens with zero attached hydrogens (tertiary/aromatic N) is 1. The molecule has 1 amide bonds. The summed E-state index contributed by atoms with van der Waals surface area (Å²) in [6, 6.07) is -0.218. The molecule has 2 fully saturated rings. The van der Waals surface area contributed by atoms with Crippen LogP contribution in [0.4, 0.5) is 0 Å². The van der Waals surface area contributed by atoms with Crippen LogP contribution in [0.5, 0.6) is 0 Å². The van der Waals surface area contributed by atoms with Crippen molar-refractivity contribution in [2.45, 2.75) is 66.5 Å². The molecule has 0 aromatic heterocycles. The first-order valence-corrected chi connectivity index (χ1v) is 9.90. The van der Waals surface area contributed by atoms with Crippen LogP contribution in [0.25, 0.3) is 0 Å².